The van der Waals surface area contributed by atoms with Gasteiger partial charge in [-0.2, -0.15) is 0 Å². The van der Waals surface area contributed by atoms with Crippen molar-refractivity contribution in [3.05, 3.63) is 16.1 Å². The molecule has 1 N–H and O–H groups in total. The fourth-order valence-corrected chi connectivity index (χ4v) is 2.99. The van der Waals surface area contributed by atoms with E-state index in [0.29, 0.717) is 17.2 Å². The van der Waals surface area contributed by atoms with E-state index in [2.05, 4.69) is 31.1 Å². The number of thiazole rings is 1. The standard InChI is InChI=1S/C15H23N3O2S/c1-10-6-5-7-18(10)14(20)11-8-21-13(17-11)12(19)16-9-15(2,3)4/h8,10H,5-7,9H2,1-4H3,(H,16,19)/t10-/m0/s1. The fraction of sp³-hybridized carbons (Fsp3) is 0.667. The van der Waals surface area contributed by atoms with Crippen molar-refractivity contribution >= 4 is 23.2 Å². The first-order valence-electron chi connectivity index (χ1n) is 7.32. The number of nitrogens with one attached hydrogen (secondary N) is 1. The molecule has 2 rings (SSSR count). The summed E-state index contributed by atoms with van der Waals surface area (Å²) in [6.07, 6.45) is 2.07. The lowest BCUT2D eigenvalue weighted by Gasteiger charge is -2.20. The summed E-state index contributed by atoms with van der Waals surface area (Å²) < 4.78 is 0. The van der Waals surface area contributed by atoms with Crippen LogP contribution < -0.4 is 5.32 Å². The average Bonchev–Trinajstić information content (AvgIpc) is 3.03. The smallest absolute Gasteiger partial charge is 0.280 e. The number of hydrogen-bond donors (Lipinski definition) is 1. The normalized spacial score (nSPS) is 18.9. The van der Waals surface area contributed by atoms with Gasteiger partial charge in [0.25, 0.3) is 11.8 Å². The van der Waals surface area contributed by atoms with E-state index >= 15 is 0 Å². The summed E-state index contributed by atoms with van der Waals surface area (Å²) in [7, 11) is 0. The predicted molar refractivity (Wildman–Crippen MR) is 83.6 cm³/mol. The zero-order valence-electron chi connectivity index (χ0n) is 13.1. The first-order chi connectivity index (χ1) is 9.78. The van der Waals surface area contributed by atoms with Crippen LogP contribution in [0.4, 0.5) is 0 Å². The van der Waals surface area contributed by atoms with Crippen molar-refractivity contribution in [1.82, 2.24) is 15.2 Å². The maximum absolute atomic E-state index is 12.3. The Kier molecular flexibility index (Phi) is 4.66. The molecular weight excluding hydrogens is 286 g/mol. The quantitative estimate of drug-likeness (QED) is 0.933. The molecule has 0 aliphatic carbocycles. The van der Waals surface area contributed by atoms with Gasteiger partial charge in [-0.1, -0.05) is 20.8 Å². The van der Waals surface area contributed by atoms with Crippen LogP contribution in [0.1, 0.15) is 60.8 Å². The molecule has 0 radical (unpaired) electrons. The summed E-state index contributed by atoms with van der Waals surface area (Å²) in [6.45, 7) is 9.58. The van der Waals surface area contributed by atoms with E-state index in [0.717, 1.165) is 19.4 Å². The van der Waals surface area contributed by atoms with Gasteiger partial charge in [0.15, 0.2) is 5.01 Å². The number of likely N-dealkylation sites (tertiary alicyclic amines) is 1. The van der Waals surface area contributed by atoms with Gasteiger partial charge in [-0.3, -0.25) is 9.59 Å². The van der Waals surface area contributed by atoms with Crippen LogP contribution in [-0.4, -0.2) is 40.8 Å². The minimum atomic E-state index is -0.205. The third-order valence-corrected chi connectivity index (χ3v) is 4.35. The Labute approximate surface area is 129 Å². The van der Waals surface area contributed by atoms with Crippen LogP contribution in [0.15, 0.2) is 5.38 Å². The topological polar surface area (TPSA) is 62.3 Å². The van der Waals surface area contributed by atoms with Crippen LogP contribution >= 0.6 is 11.3 Å². The molecule has 1 atom stereocenters. The van der Waals surface area contributed by atoms with Gasteiger partial charge in [-0.05, 0) is 25.2 Å². The fourth-order valence-electron chi connectivity index (χ4n) is 2.28. The van der Waals surface area contributed by atoms with Gasteiger partial charge in [0, 0.05) is 24.5 Å². The number of nitrogens with zero attached hydrogens (tertiary/aromatic N) is 2. The Morgan fingerprint density at radius 1 is 1.48 bits per heavy atom. The molecule has 1 aromatic heterocycles. The summed E-state index contributed by atoms with van der Waals surface area (Å²) in [6, 6.07) is 0.261. The minimum absolute atomic E-state index is 0.0244. The maximum Gasteiger partial charge on any atom is 0.280 e. The van der Waals surface area contributed by atoms with Crippen molar-refractivity contribution in [2.75, 3.05) is 13.1 Å². The van der Waals surface area contributed by atoms with E-state index in [1.807, 2.05) is 11.8 Å². The van der Waals surface area contributed by atoms with Crippen molar-refractivity contribution in [1.29, 1.82) is 0 Å². The Morgan fingerprint density at radius 2 is 2.19 bits per heavy atom. The second-order valence-electron chi connectivity index (χ2n) is 6.77. The Balaban J connectivity index is 2.01. The highest BCUT2D eigenvalue weighted by atomic mass is 32.1. The highest BCUT2D eigenvalue weighted by Crippen LogP contribution is 2.20. The summed E-state index contributed by atoms with van der Waals surface area (Å²) in [4.78, 5) is 30.4. The van der Waals surface area contributed by atoms with Gasteiger partial charge >= 0.3 is 0 Å². The van der Waals surface area contributed by atoms with Crippen molar-refractivity contribution in [3.8, 4) is 0 Å². The van der Waals surface area contributed by atoms with Gasteiger partial charge in [0.05, 0.1) is 0 Å². The molecular formula is C15H23N3O2S. The number of carbonyl (C=O) groups is 2. The SMILES string of the molecule is C[C@H]1CCCN1C(=O)c1csc(C(=O)NCC(C)(C)C)n1. The molecule has 1 saturated heterocycles. The summed E-state index contributed by atoms with van der Waals surface area (Å²) in [5, 5.41) is 4.89. The predicted octanol–water partition coefficient (Wildman–Crippen LogP) is 2.54. The molecule has 1 fully saturated rings. The molecule has 1 aliphatic rings. The van der Waals surface area contributed by atoms with Gasteiger partial charge < -0.3 is 10.2 Å². The molecule has 6 heteroatoms. The number of carbonyl (C=O) groups excluding carboxylic acids is 2. The largest absolute Gasteiger partial charge is 0.349 e. The lowest BCUT2D eigenvalue weighted by molar-refractivity contribution is 0.0742. The third kappa shape index (κ3) is 4.03. The summed E-state index contributed by atoms with van der Waals surface area (Å²) >= 11 is 1.23. The molecule has 1 aromatic rings. The highest BCUT2D eigenvalue weighted by Gasteiger charge is 2.28. The van der Waals surface area contributed by atoms with Crippen molar-refractivity contribution in [3.63, 3.8) is 0 Å². The van der Waals surface area contributed by atoms with E-state index in [1.165, 1.54) is 11.3 Å². The molecule has 0 aromatic carbocycles. The summed E-state index contributed by atoms with van der Waals surface area (Å²) in [5.41, 5.74) is 0.408. The number of amides is 2. The second kappa shape index (κ2) is 6.13. The van der Waals surface area contributed by atoms with Crippen LogP contribution in [0.2, 0.25) is 0 Å². The molecule has 0 unspecified atom stereocenters. The molecule has 0 bridgehead atoms. The van der Waals surface area contributed by atoms with Gasteiger partial charge in [0.1, 0.15) is 5.69 Å². The van der Waals surface area contributed by atoms with E-state index in [4.69, 9.17) is 0 Å². The van der Waals surface area contributed by atoms with Crippen LogP contribution in [0, 0.1) is 5.41 Å². The van der Waals surface area contributed by atoms with Crippen LogP contribution in [-0.2, 0) is 0 Å². The molecule has 5 nitrogen and oxygen atoms in total. The molecule has 0 saturated carbocycles. The Hall–Kier alpha value is -1.43. The zero-order valence-corrected chi connectivity index (χ0v) is 13.9. The summed E-state index contributed by atoms with van der Waals surface area (Å²) in [5.74, 6) is -0.269. The molecule has 1 aliphatic heterocycles. The Bertz CT molecular complexity index is 533. The van der Waals surface area contributed by atoms with Crippen LogP contribution in [0.3, 0.4) is 0 Å². The zero-order chi connectivity index (χ0) is 15.6. The van der Waals surface area contributed by atoms with E-state index < -0.39 is 0 Å². The monoisotopic (exact) mass is 309 g/mol. The number of aromatic nitrogens is 1. The molecule has 2 heterocycles. The third-order valence-electron chi connectivity index (χ3n) is 3.51. The Morgan fingerprint density at radius 3 is 2.76 bits per heavy atom. The highest BCUT2D eigenvalue weighted by molar-refractivity contribution is 7.11. The molecule has 21 heavy (non-hydrogen) atoms. The molecule has 2 amide bonds. The second-order valence-corrected chi connectivity index (χ2v) is 7.63. The first-order valence-corrected chi connectivity index (χ1v) is 8.20. The van der Waals surface area contributed by atoms with E-state index in [9.17, 15) is 9.59 Å². The van der Waals surface area contributed by atoms with Gasteiger partial charge in [-0.25, -0.2) is 4.98 Å². The first kappa shape index (κ1) is 15.9. The number of rotatable bonds is 3. The van der Waals surface area contributed by atoms with Gasteiger partial charge in [0.2, 0.25) is 0 Å². The van der Waals surface area contributed by atoms with Crippen molar-refractivity contribution in [2.45, 2.75) is 46.6 Å². The maximum atomic E-state index is 12.3. The lowest BCUT2D eigenvalue weighted by Crippen LogP contribution is -2.34. The van der Waals surface area contributed by atoms with Crippen molar-refractivity contribution < 1.29 is 9.59 Å². The number of hydrogen-bond acceptors (Lipinski definition) is 4. The lowest BCUT2D eigenvalue weighted by atomic mass is 9.97. The minimum Gasteiger partial charge on any atom is -0.349 e. The molecule has 116 valence electrons. The van der Waals surface area contributed by atoms with Crippen molar-refractivity contribution in [2.24, 2.45) is 5.41 Å². The van der Waals surface area contributed by atoms with E-state index in [-0.39, 0.29) is 23.3 Å². The van der Waals surface area contributed by atoms with Crippen LogP contribution in [0.25, 0.3) is 0 Å². The van der Waals surface area contributed by atoms with Crippen LogP contribution in [0.5, 0.6) is 0 Å². The van der Waals surface area contributed by atoms with Gasteiger partial charge in [-0.15, -0.1) is 11.3 Å². The average molecular weight is 309 g/mol. The van der Waals surface area contributed by atoms with E-state index in [1.54, 1.807) is 5.38 Å². The molecule has 0 spiro atoms.